The van der Waals surface area contributed by atoms with Crippen molar-refractivity contribution in [2.45, 2.75) is 24.1 Å². The number of amides is 1. The molecule has 2 N–H and O–H groups in total. The molecule has 1 aliphatic heterocycles. The average Bonchev–Trinajstić information content (AvgIpc) is 2.58. The summed E-state index contributed by atoms with van der Waals surface area (Å²) in [6, 6.07) is 5.31. The van der Waals surface area contributed by atoms with Gasteiger partial charge in [0.25, 0.3) is 0 Å². The van der Waals surface area contributed by atoms with E-state index in [1.54, 1.807) is 25.3 Å². The molecule has 1 aliphatic rings. The number of hydrogen-bond donors (Lipinski definition) is 2. The summed E-state index contributed by atoms with van der Waals surface area (Å²) in [5, 5.41) is 5.86. The monoisotopic (exact) mass is 392 g/mol. The van der Waals surface area contributed by atoms with Crippen LogP contribution >= 0.6 is 12.4 Å². The molecule has 1 aromatic carbocycles. The largest absolute Gasteiger partial charge is 0.493 e. The zero-order chi connectivity index (χ0) is 17.8. The number of halogens is 1. The third-order valence-corrected chi connectivity index (χ3v) is 6.45. The molecule has 1 amide bonds. The van der Waals surface area contributed by atoms with Crippen LogP contribution in [0.2, 0.25) is 0 Å². The van der Waals surface area contributed by atoms with Crippen molar-refractivity contribution in [2.75, 3.05) is 33.6 Å². The predicted molar refractivity (Wildman–Crippen MR) is 98.3 cm³/mol. The fraction of sp³-hybridized carbons (Fsp3) is 0.562. The normalized spacial score (nSPS) is 16.4. The van der Waals surface area contributed by atoms with E-state index in [1.165, 1.54) is 7.11 Å². The molecule has 0 saturated carbocycles. The first-order chi connectivity index (χ1) is 11.3. The van der Waals surface area contributed by atoms with E-state index in [1.807, 2.05) is 0 Å². The number of nitrogens with one attached hydrogen (secondary N) is 2. The van der Waals surface area contributed by atoms with E-state index < -0.39 is 20.5 Å². The summed E-state index contributed by atoms with van der Waals surface area (Å²) in [6.45, 7) is 1.25. The van der Waals surface area contributed by atoms with Crippen molar-refractivity contribution in [3.8, 4) is 11.5 Å². The van der Waals surface area contributed by atoms with Gasteiger partial charge in [-0.3, -0.25) is 4.79 Å². The number of piperidine rings is 1. The molecule has 25 heavy (non-hydrogen) atoms. The Morgan fingerprint density at radius 3 is 2.32 bits per heavy atom. The Morgan fingerprint density at radius 2 is 1.80 bits per heavy atom. The van der Waals surface area contributed by atoms with Gasteiger partial charge in [0.1, 0.15) is 0 Å². The Hall–Kier alpha value is -1.51. The number of carbonyl (C=O) groups excluding carboxylic acids is 1. The Morgan fingerprint density at radius 1 is 1.20 bits per heavy atom. The molecule has 0 spiro atoms. The minimum atomic E-state index is -3.51. The molecular weight excluding hydrogens is 368 g/mol. The Kier molecular flexibility index (Phi) is 7.52. The molecule has 0 atom stereocenters. The molecule has 142 valence electrons. The highest BCUT2D eigenvalue weighted by Gasteiger charge is 2.48. The number of rotatable bonds is 6. The van der Waals surface area contributed by atoms with Gasteiger partial charge in [-0.05, 0) is 43.6 Å². The molecule has 0 aliphatic carbocycles. The standard InChI is InChI=1S/C16H24N2O5S.ClH/c1-22-13-5-4-12(10-14(13)23-2)11-18-15(19)16(24(3,20)21)6-8-17-9-7-16;/h4-5,10,17H,6-9,11H2,1-3H3,(H,18,19);1H. The van der Waals surface area contributed by atoms with E-state index in [4.69, 9.17) is 9.47 Å². The first-order valence-electron chi connectivity index (χ1n) is 7.73. The number of benzene rings is 1. The summed E-state index contributed by atoms with van der Waals surface area (Å²) < 4.78 is 33.5. The van der Waals surface area contributed by atoms with Crippen LogP contribution in [0.3, 0.4) is 0 Å². The summed E-state index contributed by atoms with van der Waals surface area (Å²) >= 11 is 0. The maximum absolute atomic E-state index is 12.6. The molecule has 0 radical (unpaired) electrons. The second-order valence-electron chi connectivity index (χ2n) is 5.89. The van der Waals surface area contributed by atoms with Crippen LogP contribution in [0.25, 0.3) is 0 Å². The van der Waals surface area contributed by atoms with Gasteiger partial charge in [0.2, 0.25) is 5.91 Å². The average molecular weight is 393 g/mol. The maximum atomic E-state index is 12.6. The summed E-state index contributed by atoms with van der Waals surface area (Å²) in [5.41, 5.74) is 0.804. The number of methoxy groups -OCH3 is 2. The SMILES string of the molecule is COc1ccc(CNC(=O)C2(S(C)(=O)=O)CCNCC2)cc1OC.Cl. The van der Waals surface area contributed by atoms with Crippen molar-refractivity contribution < 1.29 is 22.7 Å². The lowest BCUT2D eigenvalue weighted by molar-refractivity contribution is -0.124. The zero-order valence-corrected chi connectivity index (χ0v) is 16.3. The zero-order valence-electron chi connectivity index (χ0n) is 14.6. The topological polar surface area (TPSA) is 93.7 Å². The van der Waals surface area contributed by atoms with E-state index in [-0.39, 0.29) is 31.8 Å². The van der Waals surface area contributed by atoms with Crippen molar-refractivity contribution >= 4 is 28.2 Å². The van der Waals surface area contributed by atoms with Crippen molar-refractivity contribution in [3.63, 3.8) is 0 Å². The molecule has 1 fully saturated rings. The van der Waals surface area contributed by atoms with Crippen LogP contribution in [0.15, 0.2) is 18.2 Å². The molecule has 1 aromatic rings. The third-order valence-electron chi connectivity index (χ3n) is 4.44. The lowest BCUT2D eigenvalue weighted by Crippen LogP contribution is -2.57. The van der Waals surface area contributed by atoms with Crippen LogP contribution in [0.5, 0.6) is 11.5 Å². The summed E-state index contributed by atoms with van der Waals surface area (Å²) in [7, 11) is -0.428. The molecular formula is C16H25ClN2O5S. The number of hydrogen-bond acceptors (Lipinski definition) is 6. The van der Waals surface area contributed by atoms with Crippen LogP contribution in [-0.2, 0) is 21.2 Å². The fourth-order valence-corrected chi connectivity index (χ4v) is 4.29. The number of carbonyl (C=O) groups is 1. The molecule has 1 saturated heterocycles. The van der Waals surface area contributed by atoms with E-state index in [0.29, 0.717) is 24.6 Å². The van der Waals surface area contributed by atoms with Gasteiger partial charge >= 0.3 is 0 Å². The molecule has 9 heteroatoms. The molecule has 2 rings (SSSR count). The van der Waals surface area contributed by atoms with Gasteiger partial charge in [0.05, 0.1) is 14.2 Å². The van der Waals surface area contributed by atoms with Crippen LogP contribution in [-0.4, -0.2) is 52.6 Å². The van der Waals surface area contributed by atoms with Gasteiger partial charge in [-0.25, -0.2) is 8.42 Å². The molecule has 1 heterocycles. The molecule has 0 aromatic heterocycles. The van der Waals surface area contributed by atoms with Crippen molar-refractivity contribution in [1.82, 2.24) is 10.6 Å². The van der Waals surface area contributed by atoms with Gasteiger partial charge in [-0.2, -0.15) is 0 Å². The maximum Gasteiger partial charge on any atom is 0.241 e. The summed E-state index contributed by atoms with van der Waals surface area (Å²) in [6.07, 6.45) is 1.70. The first-order valence-corrected chi connectivity index (χ1v) is 9.63. The summed E-state index contributed by atoms with van der Waals surface area (Å²) in [4.78, 5) is 12.6. The molecule has 7 nitrogen and oxygen atoms in total. The van der Waals surface area contributed by atoms with Crippen LogP contribution in [0.4, 0.5) is 0 Å². The van der Waals surface area contributed by atoms with Crippen molar-refractivity contribution in [1.29, 1.82) is 0 Å². The van der Waals surface area contributed by atoms with Gasteiger partial charge in [-0.15, -0.1) is 12.4 Å². The third kappa shape index (κ3) is 4.56. The second-order valence-corrected chi connectivity index (χ2v) is 8.21. The van der Waals surface area contributed by atoms with Crippen LogP contribution < -0.4 is 20.1 Å². The Bertz CT molecular complexity index is 702. The first kappa shape index (κ1) is 21.5. The van der Waals surface area contributed by atoms with Crippen LogP contribution in [0, 0.1) is 0 Å². The molecule has 0 bridgehead atoms. The molecule has 0 unspecified atom stereocenters. The van der Waals surface area contributed by atoms with E-state index >= 15 is 0 Å². The van der Waals surface area contributed by atoms with Gasteiger partial charge < -0.3 is 20.1 Å². The van der Waals surface area contributed by atoms with Gasteiger partial charge in [-0.1, -0.05) is 6.07 Å². The summed E-state index contributed by atoms with van der Waals surface area (Å²) in [5.74, 6) is 0.712. The fourth-order valence-electron chi connectivity index (χ4n) is 2.93. The highest BCUT2D eigenvalue weighted by Crippen LogP contribution is 2.29. The van der Waals surface area contributed by atoms with Crippen LogP contribution in [0.1, 0.15) is 18.4 Å². The van der Waals surface area contributed by atoms with Crippen molar-refractivity contribution in [3.05, 3.63) is 23.8 Å². The number of sulfone groups is 1. The smallest absolute Gasteiger partial charge is 0.241 e. The van der Waals surface area contributed by atoms with Gasteiger partial charge in [0.15, 0.2) is 26.1 Å². The Balaban J connectivity index is 0.00000312. The minimum Gasteiger partial charge on any atom is -0.493 e. The Labute approximate surface area is 154 Å². The van der Waals surface area contributed by atoms with Crippen molar-refractivity contribution in [2.24, 2.45) is 0 Å². The highest BCUT2D eigenvalue weighted by atomic mass is 35.5. The minimum absolute atomic E-state index is 0. The predicted octanol–water partition coefficient (Wildman–Crippen LogP) is 0.909. The van der Waals surface area contributed by atoms with Gasteiger partial charge in [0, 0.05) is 12.8 Å². The highest BCUT2D eigenvalue weighted by molar-refractivity contribution is 7.92. The van der Waals surface area contributed by atoms with E-state index in [2.05, 4.69) is 10.6 Å². The van der Waals surface area contributed by atoms with E-state index in [9.17, 15) is 13.2 Å². The lowest BCUT2D eigenvalue weighted by atomic mass is 9.95. The quantitative estimate of drug-likeness (QED) is 0.747. The number of ether oxygens (including phenoxy) is 2. The second kappa shape index (κ2) is 8.73. The van der Waals surface area contributed by atoms with E-state index in [0.717, 1.165) is 11.8 Å². The lowest BCUT2D eigenvalue weighted by Gasteiger charge is -2.34.